The van der Waals surface area contributed by atoms with Crippen LogP contribution in [0.3, 0.4) is 0 Å². The number of benzene rings is 3. The van der Waals surface area contributed by atoms with Gasteiger partial charge in [0.2, 0.25) is 0 Å². The fraction of sp³-hybridized carbons (Fsp3) is 0.333. The van der Waals surface area contributed by atoms with Crippen molar-refractivity contribution >= 4 is 0 Å². The third-order valence-electron chi connectivity index (χ3n) is 4.92. The molecule has 3 aromatic carbocycles. The number of para-hydroxylation sites is 1. The summed E-state index contributed by atoms with van der Waals surface area (Å²) in [5.74, 6) is 1.78. The second-order valence-electron chi connectivity index (χ2n) is 8.79. The molecule has 0 heterocycles. The van der Waals surface area contributed by atoms with Gasteiger partial charge in [0.15, 0.2) is 11.6 Å². The van der Waals surface area contributed by atoms with Crippen molar-refractivity contribution in [3.05, 3.63) is 89.7 Å². The Labute approximate surface area is 184 Å². The molecule has 0 bridgehead atoms. The van der Waals surface area contributed by atoms with E-state index >= 15 is 0 Å². The van der Waals surface area contributed by atoms with Crippen molar-refractivity contribution in [1.82, 2.24) is 0 Å². The molecule has 0 spiro atoms. The molecule has 31 heavy (non-hydrogen) atoms. The molecule has 0 fully saturated rings. The highest BCUT2D eigenvalue weighted by Crippen LogP contribution is 2.28. The largest absolute Gasteiger partial charge is 0.493 e. The molecule has 0 saturated heterocycles. The van der Waals surface area contributed by atoms with E-state index in [-0.39, 0.29) is 11.2 Å². The predicted octanol–water partition coefficient (Wildman–Crippen LogP) is 7.15. The van der Waals surface area contributed by atoms with Gasteiger partial charge in [-0.15, -0.1) is 0 Å². The fourth-order valence-corrected chi connectivity index (χ4v) is 3.10. The average molecular weight is 423 g/mol. The van der Waals surface area contributed by atoms with Crippen LogP contribution >= 0.6 is 0 Å². The Bertz CT molecular complexity index is 950. The smallest absolute Gasteiger partial charge is 0.165 e. The molecule has 0 amide bonds. The highest BCUT2D eigenvalue weighted by atomic mass is 19.1. The van der Waals surface area contributed by atoms with Crippen molar-refractivity contribution in [3.8, 4) is 17.2 Å². The van der Waals surface area contributed by atoms with Crippen molar-refractivity contribution < 1.29 is 18.6 Å². The van der Waals surface area contributed by atoms with Crippen LogP contribution in [0.5, 0.6) is 17.2 Å². The van der Waals surface area contributed by atoms with Gasteiger partial charge in [-0.3, -0.25) is 0 Å². The lowest BCUT2D eigenvalue weighted by Crippen LogP contribution is -2.24. The molecule has 4 heteroatoms. The van der Waals surface area contributed by atoms with E-state index < -0.39 is 5.82 Å². The maximum Gasteiger partial charge on any atom is 0.165 e. The Morgan fingerprint density at radius 2 is 1.58 bits per heavy atom. The topological polar surface area (TPSA) is 27.7 Å². The molecular weight excluding hydrogens is 391 g/mol. The van der Waals surface area contributed by atoms with Crippen LogP contribution in [-0.4, -0.2) is 13.2 Å². The van der Waals surface area contributed by atoms with Gasteiger partial charge in [-0.25, -0.2) is 4.39 Å². The van der Waals surface area contributed by atoms with Gasteiger partial charge >= 0.3 is 0 Å². The molecule has 0 atom stereocenters. The van der Waals surface area contributed by atoms with Crippen LogP contribution in [0.1, 0.15) is 38.8 Å². The maximum atomic E-state index is 14.1. The van der Waals surface area contributed by atoms with Crippen LogP contribution in [0, 0.1) is 11.7 Å². The first-order valence-corrected chi connectivity index (χ1v) is 10.7. The summed E-state index contributed by atoms with van der Waals surface area (Å²) in [6.45, 7) is 10.2. The second-order valence-corrected chi connectivity index (χ2v) is 8.79. The van der Waals surface area contributed by atoms with Gasteiger partial charge < -0.3 is 14.2 Å². The Balaban J connectivity index is 1.57. The van der Waals surface area contributed by atoms with E-state index in [1.807, 2.05) is 30.3 Å². The number of ether oxygens (including phenoxy) is 3. The summed E-state index contributed by atoms with van der Waals surface area (Å²) in [6.07, 6.45) is 0. The molecule has 0 aliphatic rings. The lowest BCUT2D eigenvalue weighted by Gasteiger charge is -2.25. The van der Waals surface area contributed by atoms with Crippen molar-refractivity contribution in [3.63, 3.8) is 0 Å². The molecule has 0 aromatic heterocycles. The fourth-order valence-electron chi connectivity index (χ4n) is 3.10. The molecular formula is C27H31FO3. The van der Waals surface area contributed by atoms with E-state index in [1.54, 1.807) is 24.3 Å². The van der Waals surface area contributed by atoms with Crippen LogP contribution in [-0.2, 0) is 16.8 Å². The van der Waals surface area contributed by atoms with Gasteiger partial charge in [0.25, 0.3) is 0 Å². The molecule has 164 valence electrons. The summed E-state index contributed by atoms with van der Waals surface area (Å²) in [4.78, 5) is 0. The SMILES string of the molecule is CC(C)COc1ccc(C(C)(C)COCc2ccc(F)c(Oc3ccccc3)c2)cc1. The third-order valence-corrected chi connectivity index (χ3v) is 4.92. The number of halogens is 1. The van der Waals surface area contributed by atoms with E-state index in [0.717, 1.165) is 11.3 Å². The molecule has 3 nitrogen and oxygen atoms in total. The summed E-state index contributed by atoms with van der Waals surface area (Å²) >= 11 is 0. The van der Waals surface area contributed by atoms with Crippen LogP contribution in [0.25, 0.3) is 0 Å². The summed E-state index contributed by atoms with van der Waals surface area (Å²) in [7, 11) is 0. The first kappa shape index (κ1) is 22.8. The van der Waals surface area contributed by atoms with Crippen molar-refractivity contribution in [2.45, 2.75) is 39.7 Å². The van der Waals surface area contributed by atoms with Crippen LogP contribution in [0.15, 0.2) is 72.8 Å². The van der Waals surface area contributed by atoms with Crippen molar-refractivity contribution in [2.24, 2.45) is 5.92 Å². The Morgan fingerprint density at radius 1 is 0.871 bits per heavy atom. The lowest BCUT2D eigenvalue weighted by molar-refractivity contribution is 0.0823. The van der Waals surface area contributed by atoms with Gasteiger partial charge in [-0.2, -0.15) is 0 Å². The average Bonchev–Trinajstić information content (AvgIpc) is 2.75. The van der Waals surface area contributed by atoms with E-state index in [0.29, 0.717) is 31.5 Å². The number of rotatable bonds is 10. The molecule has 0 unspecified atom stereocenters. The first-order valence-electron chi connectivity index (χ1n) is 10.7. The zero-order valence-electron chi connectivity index (χ0n) is 18.7. The lowest BCUT2D eigenvalue weighted by atomic mass is 9.85. The monoisotopic (exact) mass is 422 g/mol. The molecule has 0 N–H and O–H groups in total. The summed E-state index contributed by atoms with van der Waals surface area (Å²) in [5, 5.41) is 0. The van der Waals surface area contributed by atoms with Crippen LogP contribution < -0.4 is 9.47 Å². The highest BCUT2D eigenvalue weighted by Gasteiger charge is 2.21. The summed E-state index contributed by atoms with van der Waals surface area (Å²) in [6, 6.07) is 22.2. The minimum Gasteiger partial charge on any atom is -0.493 e. The quantitative estimate of drug-likeness (QED) is 0.347. The van der Waals surface area contributed by atoms with Gasteiger partial charge in [0.1, 0.15) is 11.5 Å². The minimum atomic E-state index is -0.396. The molecule has 3 rings (SSSR count). The van der Waals surface area contributed by atoms with Crippen molar-refractivity contribution in [2.75, 3.05) is 13.2 Å². The van der Waals surface area contributed by atoms with E-state index in [9.17, 15) is 4.39 Å². The van der Waals surface area contributed by atoms with Crippen LogP contribution in [0.2, 0.25) is 0 Å². The maximum absolute atomic E-state index is 14.1. The standard InChI is InChI=1S/C27H31FO3/c1-20(2)17-30-23-13-11-22(12-14-23)27(3,4)19-29-18-21-10-15-25(28)26(16-21)31-24-8-6-5-7-9-24/h5-16,20H,17-19H2,1-4H3. The normalized spacial score (nSPS) is 11.5. The summed E-state index contributed by atoms with van der Waals surface area (Å²) in [5.41, 5.74) is 1.87. The molecule has 0 aliphatic heterocycles. The predicted molar refractivity (Wildman–Crippen MR) is 122 cm³/mol. The second kappa shape index (κ2) is 10.5. The zero-order valence-corrected chi connectivity index (χ0v) is 18.7. The minimum absolute atomic E-state index is 0.167. The molecule has 0 saturated carbocycles. The van der Waals surface area contributed by atoms with Crippen LogP contribution in [0.4, 0.5) is 4.39 Å². The Morgan fingerprint density at radius 3 is 2.26 bits per heavy atom. The van der Waals surface area contributed by atoms with Gasteiger partial charge in [0, 0.05) is 5.41 Å². The molecule has 3 aromatic rings. The van der Waals surface area contributed by atoms with E-state index in [1.165, 1.54) is 11.6 Å². The van der Waals surface area contributed by atoms with E-state index in [2.05, 4.69) is 39.8 Å². The highest BCUT2D eigenvalue weighted by molar-refractivity contribution is 5.35. The number of hydrogen-bond acceptors (Lipinski definition) is 3. The van der Waals surface area contributed by atoms with Gasteiger partial charge in [-0.05, 0) is 53.4 Å². The van der Waals surface area contributed by atoms with Gasteiger partial charge in [0.05, 0.1) is 19.8 Å². The molecule has 0 radical (unpaired) electrons. The van der Waals surface area contributed by atoms with E-state index in [4.69, 9.17) is 14.2 Å². The van der Waals surface area contributed by atoms with Crippen molar-refractivity contribution in [1.29, 1.82) is 0 Å². The summed E-state index contributed by atoms with van der Waals surface area (Å²) < 4.78 is 31.6. The van der Waals surface area contributed by atoms with Gasteiger partial charge in [-0.1, -0.05) is 64.1 Å². The molecule has 0 aliphatic carbocycles. The third kappa shape index (κ3) is 6.83. The first-order chi connectivity index (χ1) is 14.8. The zero-order chi connectivity index (χ0) is 22.3. The Kier molecular flexibility index (Phi) is 7.69. The Hall–Kier alpha value is -2.85. The number of hydrogen-bond donors (Lipinski definition) is 0.